The van der Waals surface area contributed by atoms with Crippen molar-refractivity contribution in [1.29, 1.82) is 0 Å². The van der Waals surface area contributed by atoms with Crippen molar-refractivity contribution in [2.24, 2.45) is 0 Å². The molecule has 0 radical (unpaired) electrons. The topological polar surface area (TPSA) is 52.6 Å². The van der Waals surface area contributed by atoms with Crippen molar-refractivity contribution < 1.29 is 19.1 Å². The number of carbonyl (C=O) groups excluding carboxylic acids is 2. The number of allylic oxidation sites excluding steroid dienone is 1. The number of ether oxygens (including phenoxy) is 2. The summed E-state index contributed by atoms with van der Waals surface area (Å²) in [6.45, 7) is 1.43. The number of hydrogen-bond donors (Lipinski definition) is 0. The fourth-order valence-corrected chi connectivity index (χ4v) is 2.28. The average Bonchev–Trinajstić information content (AvgIpc) is 2.83. The molecule has 0 N–H and O–H groups in total. The first kappa shape index (κ1) is 15.3. The molecule has 0 amide bonds. The molecule has 23 heavy (non-hydrogen) atoms. The largest absolute Gasteiger partial charge is 0.486 e. The molecule has 0 aromatic heterocycles. The van der Waals surface area contributed by atoms with Crippen LogP contribution in [0.5, 0.6) is 11.5 Å². The number of carbonyl (C=O) groups is 2. The average molecular weight is 329 g/mol. The van der Waals surface area contributed by atoms with E-state index in [0.29, 0.717) is 22.1 Å². The van der Waals surface area contributed by atoms with Crippen molar-refractivity contribution in [2.75, 3.05) is 6.61 Å². The minimum absolute atomic E-state index is 0.0137. The lowest BCUT2D eigenvalue weighted by molar-refractivity contribution is -0.118. The van der Waals surface area contributed by atoms with Crippen LogP contribution in [0.15, 0.2) is 48.2 Å². The molecule has 1 heterocycles. The van der Waals surface area contributed by atoms with Crippen LogP contribution in [0.1, 0.15) is 22.8 Å². The van der Waals surface area contributed by atoms with E-state index in [4.69, 9.17) is 21.1 Å². The van der Waals surface area contributed by atoms with Gasteiger partial charge in [0.05, 0.1) is 5.56 Å². The zero-order valence-electron chi connectivity index (χ0n) is 12.3. The lowest BCUT2D eigenvalue weighted by Crippen LogP contribution is -2.06. The van der Waals surface area contributed by atoms with Gasteiger partial charge in [0.25, 0.3) is 0 Å². The lowest BCUT2D eigenvalue weighted by Gasteiger charge is -2.04. The third-order valence-corrected chi connectivity index (χ3v) is 3.50. The summed E-state index contributed by atoms with van der Waals surface area (Å²) >= 11 is 5.84. The van der Waals surface area contributed by atoms with Gasteiger partial charge < -0.3 is 9.47 Å². The summed E-state index contributed by atoms with van der Waals surface area (Å²) in [7, 11) is 0. The van der Waals surface area contributed by atoms with Crippen molar-refractivity contribution in [2.45, 2.75) is 6.92 Å². The molecule has 1 aliphatic heterocycles. The molecule has 0 spiro atoms. The van der Waals surface area contributed by atoms with E-state index in [-0.39, 0.29) is 23.9 Å². The van der Waals surface area contributed by atoms with Gasteiger partial charge in [-0.05, 0) is 42.8 Å². The highest BCUT2D eigenvalue weighted by atomic mass is 35.5. The minimum Gasteiger partial charge on any atom is -0.486 e. The maximum atomic E-state index is 12.3. The molecule has 0 saturated heterocycles. The molecule has 0 bridgehead atoms. The first-order valence-electron chi connectivity index (χ1n) is 6.99. The summed E-state index contributed by atoms with van der Waals surface area (Å²) in [4.78, 5) is 23.3. The molecular weight excluding hydrogens is 316 g/mol. The standard InChI is InChI=1S/C18H13ClO4/c1-11(20)10-22-14-6-7-15-16(9-14)23-17(18(15)21)8-12-2-4-13(19)5-3-12/h2-9H,10H2,1H3. The first-order chi connectivity index (χ1) is 11.0. The molecule has 4 nitrogen and oxygen atoms in total. The van der Waals surface area contributed by atoms with E-state index in [1.54, 1.807) is 48.5 Å². The molecule has 2 aromatic rings. The summed E-state index contributed by atoms with van der Waals surface area (Å²) in [6, 6.07) is 12.0. The van der Waals surface area contributed by atoms with E-state index in [9.17, 15) is 9.59 Å². The predicted octanol–water partition coefficient (Wildman–Crippen LogP) is 3.92. The molecule has 5 heteroatoms. The van der Waals surface area contributed by atoms with Crippen LogP contribution in [-0.2, 0) is 4.79 Å². The van der Waals surface area contributed by atoms with Crippen molar-refractivity contribution >= 4 is 29.2 Å². The summed E-state index contributed by atoms with van der Waals surface area (Å²) < 4.78 is 10.9. The van der Waals surface area contributed by atoms with Crippen LogP contribution in [0.2, 0.25) is 5.02 Å². The number of Topliss-reactive ketones (excluding diaryl/α,β-unsaturated/α-hetero) is 2. The van der Waals surface area contributed by atoms with Gasteiger partial charge in [0, 0.05) is 11.1 Å². The molecule has 0 unspecified atom stereocenters. The third-order valence-electron chi connectivity index (χ3n) is 3.25. The van der Waals surface area contributed by atoms with Gasteiger partial charge in [0.1, 0.15) is 18.1 Å². The quantitative estimate of drug-likeness (QED) is 0.798. The fraction of sp³-hybridized carbons (Fsp3) is 0.111. The molecule has 0 atom stereocenters. The number of halogens is 1. The smallest absolute Gasteiger partial charge is 0.231 e. The van der Waals surface area contributed by atoms with Gasteiger partial charge in [-0.3, -0.25) is 9.59 Å². The van der Waals surface area contributed by atoms with Crippen LogP contribution in [0.4, 0.5) is 0 Å². The van der Waals surface area contributed by atoms with Crippen molar-refractivity contribution in [3.63, 3.8) is 0 Å². The van der Waals surface area contributed by atoms with E-state index >= 15 is 0 Å². The Kier molecular flexibility index (Phi) is 4.17. The highest BCUT2D eigenvalue weighted by molar-refractivity contribution is 6.30. The highest BCUT2D eigenvalue weighted by Gasteiger charge is 2.27. The molecule has 1 aliphatic rings. The zero-order chi connectivity index (χ0) is 16.4. The summed E-state index contributed by atoms with van der Waals surface area (Å²) in [5.41, 5.74) is 1.29. The molecule has 116 valence electrons. The van der Waals surface area contributed by atoms with Gasteiger partial charge in [-0.1, -0.05) is 23.7 Å². The van der Waals surface area contributed by atoms with Crippen LogP contribution in [-0.4, -0.2) is 18.2 Å². The SMILES string of the molecule is CC(=O)COc1ccc2c(c1)OC(=Cc1ccc(Cl)cc1)C2=O. The number of fused-ring (bicyclic) bond motifs is 1. The molecular formula is C18H13ClO4. The van der Waals surface area contributed by atoms with Gasteiger partial charge in [0.15, 0.2) is 11.5 Å². The summed E-state index contributed by atoms with van der Waals surface area (Å²) in [5.74, 6) is 0.890. The lowest BCUT2D eigenvalue weighted by atomic mass is 10.1. The Labute approximate surface area is 138 Å². The second-order valence-electron chi connectivity index (χ2n) is 5.14. The molecule has 0 aliphatic carbocycles. The van der Waals surface area contributed by atoms with Gasteiger partial charge in [-0.2, -0.15) is 0 Å². The molecule has 0 saturated carbocycles. The van der Waals surface area contributed by atoms with Gasteiger partial charge in [-0.25, -0.2) is 0 Å². The summed E-state index contributed by atoms with van der Waals surface area (Å²) in [5, 5.41) is 0.626. The molecule has 0 fully saturated rings. The van der Waals surface area contributed by atoms with E-state index in [1.807, 2.05) is 0 Å². The Balaban J connectivity index is 1.83. The van der Waals surface area contributed by atoms with E-state index in [1.165, 1.54) is 6.92 Å². The number of rotatable bonds is 4. The maximum Gasteiger partial charge on any atom is 0.231 e. The van der Waals surface area contributed by atoms with E-state index in [0.717, 1.165) is 5.56 Å². The van der Waals surface area contributed by atoms with Crippen LogP contribution in [0.25, 0.3) is 6.08 Å². The van der Waals surface area contributed by atoms with Crippen LogP contribution in [0, 0.1) is 0 Å². The zero-order valence-corrected chi connectivity index (χ0v) is 13.1. The second-order valence-corrected chi connectivity index (χ2v) is 5.58. The van der Waals surface area contributed by atoms with E-state index in [2.05, 4.69) is 0 Å². The predicted molar refractivity (Wildman–Crippen MR) is 87.0 cm³/mol. The Morgan fingerprint density at radius 3 is 2.65 bits per heavy atom. The molecule has 2 aromatic carbocycles. The van der Waals surface area contributed by atoms with Gasteiger partial charge >= 0.3 is 0 Å². The Hall–Kier alpha value is -2.59. The van der Waals surface area contributed by atoms with Crippen molar-refractivity contribution in [3.8, 4) is 11.5 Å². The second kappa shape index (κ2) is 6.26. The monoisotopic (exact) mass is 328 g/mol. The first-order valence-corrected chi connectivity index (χ1v) is 7.37. The highest BCUT2D eigenvalue weighted by Crippen LogP contribution is 2.34. The minimum atomic E-state index is -0.187. The maximum absolute atomic E-state index is 12.3. The Morgan fingerprint density at radius 2 is 1.96 bits per heavy atom. The Bertz CT molecular complexity index is 806. The van der Waals surface area contributed by atoms with Crippen molar-refractivity contribution in [1.82, 2.24) is 0 Å². The van der Waals surface area contributed by atoms with E-state index < -0.39 is 0 Å². The fourth-order valence-electron chi connectivity index (χ4n) is 2.15. The third kappa shape index (κ3) is 3.43. The van der Waals surface area contributed by atoms with Crippen LogP contribution in [0.3, 0.4) is 0 Å². The Morgan fingerprint density at radius 1 is 1.22 bits per heavy atom. The van der Waals surface area contributed by atoms with Gasteiger partial charge in [0.2, 0.25) is 5.78 Å². The van der Waals surface area contributed by atoms with Crippen molar-refractivity contribution in [3.05, 3.63) is 64.4 Å². The van der Waals surface area contributed by atoms with Crippen LogP contribution >= 0.6 is 11.6 Å². The number of ketones is 2. The number of hydrogen-bond acceptors (Lipinski definition) is 4. The summed E-state index contributed by atoms with van der Waals surface area (Å²) in [6.07, 6.45) is 1.66. The molecule has 3 rings (SSSR count). The normalized spacial score (nSPS) is 14.5. The number of benzene rings is 2. The van der Waals surface area contributed by atoms with Gasteiger partial charge in [-0.15, -0.1) is 0 Å². The van der Waals surface area contributed by atoms with Crippen LogP contribution < -0.4 is 9.47 Å².